The van der Waals surface area contributed by atoms with Gasteiger partial charge in [-0.1, -0.05) is 23.3 Å². The largest absolute Gasteiger partial charge is 0.508 e. The fourth-order valence-electron chi connectivity index (χ4n) is 3.76. The van der Waals surface area contributed by atoms with Crippen LogP contribution in [-0.4, -0.2) is 23.9 Å². The van der Waals surface area contributed by atoms with Crippen molar-refractivity contribution >= 4 is 32.9 Å². The first-order valence-corrected chi connectivity index (χ1v) is 10.4. The summed E-state index contributed by atoms with van der Waals surface area (Å²) in [4.78, 5) is 12.9. The highest BCUT2D eigenvalue weighted by atomic mass is 16.5. The molecule has 2 N–H and O–H groups in total. The van der Waals surface area contributed by atoms with Crippen molar-refractivity contribution in [1.29, 1.82) is 0 Å². The number of aromatic hydroxyl groups is 1. The maximum Gasteiger partial charge on any atom is 0.348 e. The zero-order valence-corrected chi connectivity index (χ0v) is 18.6. The van der Waals surface area contributed by atoms with Crippen LogP contribution < -0.4 is 10.4 Å². The fourth-order valence-corrected chi connectivity index (χ4v) is 3.76. The molecule has 0 bridgehead atoms. The van der Waals surface area contributed by atoms with Crippen molar-refractivity contribution in [2.75, 3.05) is 13.7 Å². The van der Waals surface area contributed by atoms with Crippen LogP contribution in [0.3, 0.4) is 0 Å². The van der Waals surface area contributed by atoms with E-state index >= 15 is 0 Å². The Hall–Kier alpha value is -3.51. The number of fused-ring (bicyclic) bond motifs is 5. The second kappa shape index (κ2) is 8.55. The number of aliphatic hydroxyl groups excluding tert-OH is 1. The van der Waals surface area contributed by atoms with Gasteiger partial charge in [-0.05, 0) is 56.9 Å². The number of ether oxygens (including phenoxy) is 1. The molecule has 0 saturated heterocycles. The van der Waals surface area contributed by atoms with Crippen LogP contribution in [0.1, 0.15) is 31.9 Å². The predicted octanol–water partition coefficient (Wildman–Crippen LogP) is 5.40. The van der Waals surface area contributed by atoms with E-state index in [1.54, 1.807) is 19.2 Å². The lowest BCUT2D eigenvalue weighted by atomic mass is 10.0. The third-order valence-electron chi connectivity index (χ3n) is 5.57. The molecule has 0 atom stereocenters. The van der Waals surface area contributed by atoms with Crippen LogP contribution in [0.25, 0.3) is 32.9 Å². The minimum absolute atomic E-state index is 0.0174. The topological polar surface area (TPSA) is 93.0 Å². The number of methoxy groups -OCH3 is 1. The van der Waals surface area contributed by atoms with Gasteiger partial charge in [0.25, 0.3) is 0 Å². The van der Waals surface area contributed by atoms with E-state index < -0.39 is 5.63 Å². The third-order valence-corrected chi connectivity index (χ3v) is 5.57. The van der Waals surface area contributed by atoms with E-state index in [9.17, 15) is 15.0 Å². The first-order chi connectivity index (χ1) is 15.3. The molecule has 0 amide bonds. The Morgan fingerprint density at radius 1 is 0.969 bits per heavy atom. The fraction of sp³-hybridized carbons (Fsp3) is 0.269. The number of phenolic OH excluding ortho intramolecular Hbond substituents is 1. The van der Waals surface area contributed by atoms with Crippen molar-refractivity contribution in [3.63, 3.8) is 0 Å². The van der Waals surface area contributed by atoms with Gasteiger partial charge in [0.05, 0.1) is 19.1 Å². The molecule has 2 aromatic carbocycles. The average molecular weight is 434 g/mol. The number of phenols is 1. The summed E-state index contributed by atoms with van der Waals surface area (Å²) in [6, 6.07) is 6.91. The van der Waals surface area contributed by atoms with Gasteiger partial charge in [-0.2, -0.15) is 0 Å². The van der Waals surface area contributed by atoms with E-state index in [4.69, 9.17) is 13.6 Å². The van der Waals surface area contributed by atoms with Crippen LogP contribution >= 0.6 is 0 Å². The summed E-state index contributed by atoms with van der Waals surface area (Å²) in [6.07, 6.45) is 5.04. The molecule has 0 aliphatic rings. The molecule has 6 nitrogen and oxygen atoms in total. The van der Waals surface area contributed by atoms with Crippen LogP contribution in [0, 0.1) is 0 Å². The molecule has 0 saturated carbocycles. The van der Waals surface area contributed by atoms with Gasteiger partial charge in [0.2, 0.25) is 0 Å². The molecule has 32 heavy (non-hydrogen) atoms. The standard InChI is InChI=1S/C26H26O6/c1-14(2)5-7-17-10-18-23(12-21(17)30-4)31-25-19-9-16(8-6-15(3)13-27)20(28)11-22(19)32-26(29)24(18)25/h5-6,9-12,27-28H,7-8,13H2,1-4H3. The molecule has 0 fully saturated rings. The molecule has 0 radical (unpaired) electrons. The first kappa shape index (κ1) is 21.7. The smallest absolute Gasteiger partial charge is 0.348 e. The summed E-state index contributed by atoms with van der Waals surface area (Å²) < 4.78 is 17.2. The summed E-state index contributed by atoms with van der Waals surface area (Å²) in [5, 5.41) is 21.3. The van der Waals surface area contributed by atoms with Crippen LogP contribution in [0.15, 0.2) is 61.2 Å². The van der Waals surface area contributed by atoms with Gasteiger partial charge in [0, 0.05) is 17.5 Å². The number of rotatable bonds is 6. The zero-order chi connectivity index (χ0) is 23.0. The maximum atomic E-state index is 12.9. The number of benzene rings is 2. The predicted molar refractivity (Wildman–Crippen MR) is 126 cm³/mol. The number of hydrogen-bond donors (Lipinski definition) is 2. The van der Waals surface area contributed by atoms with Crippen LogP contribution in [0.4, 0.5) is 0 Å². The van der Waals surface area contributed by atoms with Crippen molar-refractivity contribution < 1.29 is 23.8 Å². The number of aliphatic hydroxyl groups is 1. The van der Waals surface area contributed by atoms with Gasteiger partial charge in [-0.25, -0.2) is 4.79 Å². The Morgan fingerprint density at radius 3 is 2.34 bits per heavy atom. The van der Waals surface area contributed by atoms with E-state index in [0.29, 0.717) is 51.5 Å². The molecule has 166 valence electrons. The summed E-state index contributed by atoms with van der Waals surface area (Å²) >= 11 is 0. The molecule has 0 spiro atoms. The molecular formula is C26H26O6. The van der Waals surface area contributed by atoms with Gasteiger partial charge in [0.15, 0.2) is 5.58 Å². The number of furan rings is 1. The van der Waals surface area contributed by atoms with Gasteiger partial charge >= 0.3 is 5.63 Å². The average Bonchev–Trinajstić information content (AvgIpc) is 3.14. The highest BCUT2D eigenvalue weighted by Gasteiger charge is 2.19. The Balaban J connectivity index is 1.99. The van der Waals surface area contributed by atoms with E-state index in [2.05, 4.69) is 6.08 Å². The van der Waals surface area contributed by atoms with Crippen molar-refractivity contribution in [2.45, 2.75) is 33.6 Å². The van der Waals surface area contributed by atoms with E-state index in [-0.39, 0.29) is 17.9 Å². The summed E-state index contributed by atoms with van der Waals surface area (Å²) in [7, 11) is 1.61. The van der Waals surface area contributed by atoms with Crippen LogP contribution in [-0.2, 0) is 12.8 Å². The lowest BCUT2D eigenvalue weighted by molar-refractivity contribution is 0.331. The Labute approximate surface area is 185 Å². The molecule has 4 rings (SSSR count). The number of allylic oxidation sites excluding steroid dienone is 3. The highest BCUT2D eigenvalue weighted by molar-refractivity contribution is 6.13. The second-order valence-electron chi connectivity index (χ2n) is 8.23. The SMILES string of the molecule is COc1cc2oc3c4cc(CC=C(C)CO)c(O)cc4oc(=O)c3c2cc1CC=C(C)C. The zero-order valence-electron chi connectivity index (χ0n) is 18.6. The minimum Gasteiger partial charge on any atom is -0.508 e. The Kier molecular flexibility index (Phi) is 5.80. The molecular weight excluding hydrogens is 408 g/mol. The van der Waals surface area contributed by atoms with Crippen molar-refractivity contribution in [1.82, 2.24) is 0 Å². The monoisotopic (exact) mass is 434 g/mol. The molecule has 2 heterocycles. The van der Waals surface area contributed by atoms with Gasteiger partial charge in [-0.3, -0.25) is 0 Å². The molecule has 4 aromatic rings. The molecule has 0 unspecified atom stereocenters. The first-order valence-electron chi connectivity index (χ1n) is 10.4. The lowest BCUT2D eigenvalue weighted by Crippen LogP contribution is -1.99. The normalized spacial score (nSPS) is 12.1. The van der Waals surface area contributed by atoms with Crippen LogP contribution in [0.2, 0.25) is 0 Å². The maximum absolute atomic E-state index is 12.9. The number of hydrogen-bond acceptors (Lipinski definition) is 6. The van der Waals surface area contributed by atoms with E-state index in [1.165, 1.54) is 11.6 Å². The quantitative estimate of drug-likeness (QED) is 0.312. The van der Waals surface area contributed by atoms with E-state index in [0.717, 1.165) is 11.1 Å². The van der Waals surface area contributed by atoms with Crippen LogP contribution in [0.5, 0.6) is 11.5 Å². The second-order valence-corrected chi connectivity index (χ2v) is 8.23. The third kappa shape index (κ3) is 3.89. The van der Waals surface area contributed by atoms with Crippen molar-refractivity contribution in [2.24, 2.45) is 0 Å². The van der Waals surface area contributed by atoms with Gasteiger partial charge in [-0.15, -0.1) is 0 Å². The summed E-state index contributed by atoms with van der Waals surface area (Å²) in [5.41, 5.74) is 4.25. The molecule has 0 aliphatic heterocycles. The van der Waals surface area contributed by atoms with Crippen molar-refractivity contribution in [3.8, 4) is 11.5 Å². The molecule has 2 aromatic heterocycles. The Bertz CT molecular complexity index is 1440. The minimum atomic E-state index is -0.521. The van der Waals surface area contributed by atoms with Gasteiger partial charge < -0.3 is 23.8 Å². The molecule has 6 heteroatoms. The Morgan fingerprint density at radius 2 is 1.66 bits per heavy atom. The van der Waals surface area contributed by atoms with Gasteiger partial charge in [0.1, 0.15) is 28.1 Å². The van der Waals surface area contributed by atoms with E-state index in [1.807, 2.05) is 32.9 Å². The summed E-state index contributed by atoms with van der Waals surface area (Å²) in [6.45, 7) is 5.83. The van der Waals surface area contributed by atoms with Crippen molar-refractivity contribution in [3.05, 3.63) is 69.1 Å². The highest BCUT2D eigenvalue weighted by Crippen LogP contribution is 2.37. The molecule has 0 aliphatic carbocycles. The lowest BCUT2D eigenvalue weighted by Gasteiger charge is -2.07. The summed E-state index contributed by atoms with van der Waals surface area (Å²) in [5.74, 6) is 0.703.